The SMILES string of the molecule is CC1CCc2sc(C(=O)NCc3ccccc3F)cc2C1. The van der Waals surface area contributed by atoms with Crippen molar-refractivity contribution in [3.8, 4) is 0 Å². The molecule has 4 heteroatoms. The van der Waals surface area contributed by atoms with Crippen molar-refractivity contribution in [1.82, 2.24) is 5.32 Å². The van der Waals surface area contributed by atoms with E-state index in [1.54, 1.807) is 29.5 Å². The average Bonchev–Trinajstić information content (AvgIpc) is 2.89. The quantitative estimate of drug-likeness (QED) is 0.914. The fourth-order valence-corrected chi connectivity index (χ4v) is 3.85. The molecule has 2 nitrogen and oxygen atoms in total. The highest BCUT2D eigenvalue weighted by molar-refractivity contribution is 7.14. The molecule has 0 aliphatic heterocycles. The molecule has 21 heavy (non-hydrogen) atoms. The predicted octanol–water partition coefficient (Wildman–Crippen LogP) is 3.94. The number of amides is 1. The van der Waals surface area contributed by atoms with Crippen LogP contribution < -0.4 is 5.32 Å². The van der Waals surface area contributed by atoms with Gasteiger partial charge in [-0.3, -0.25) is 4.79 Å². The topological polar surface area (TPSA) is 29.1 Å². The molecular weight excluding hydrogens is 285 g/mol. The van der Waals surface area contributed by atoms with E-state index in [1.165, 1.54) is 22.9 Å². The zero-order valence-corrected chi connectivity index (χ0v) is 12.8. The summed E-state index contributed by atoms with van der Waals surface area (Å²) in [5.74, 6) is 0.309. The maximum absolute atomic E-state index is 13.5. The second kappa shape index (κ2) is 5.98. The Kier molecular flexibility index (Phi) is 4.06. The maximum atomic E-state index is 13.5. The molecule has 1 amide bonds. The van der Waals surface area contributed by atoms with Crippen LogP contribution in [-0.2, 0) is 19.4 Å². The summed E-state index contributed by atoms with van der Waals surface area (Å²) >= 11 is 1.58. The van der Waals surface area contributed by atoms with Gasteiger partial charge in [0.15, 0.2) is 0 Å². The summed E-state index contributed by atoms with van der Waals surface area (Å²) in [6, 6.07) is 8.53. The summed E-state index contributed by atoms with van der Waals surface area (Å²) in [5, 5.41) is 2.81. The van der Waals surface area contributed by atoms with Crippen molar-refractivity contribution < 1.29 is 9.18 Å². The lowest BCUT2D eigenvalue weighted by Crippen LogP contribution is -2.22. The van der Waals surface area contributed by atoms with Crippen LogP contribution in [0.25, 0.3) is 0 Å². The Labute approximate surface area is 128 Å². The first-order valence-electron chi connectivity index (χ1n) is 7.26. The van der Waals surface area contributed by atoms with E-state index in [0.29, 0.717) is 11.5 Å². The van der Waals surface area contributed by atoms with Gasteiger partial charge in [0.1, 0.15) is 5.82 Å². The fraction of sp³-hybridized carbons (Fsp3) is 0.353. The molecule has 0 bridgehead atoms. The van der Waals surface area contributed by atoms with Gasteiger partial charge < -0.3 is 5.32 Å². The molecule has 1 heterocycles. The van der Waals surface area contributed by atoms with Crippen molar-refractivity contribution in [2.24, 2.45) is 5.92 Å². The third kappa shape index (κ3) is 3.16. The van der Waals surface area contributed by atoms with Crippen LogP contribution in [0.3, 0.4) is 0 Å². The Hall–Kier alpha value is -1.68. The highest BCUT2D eigenvalue weighted by atomic mass is 32.1. The molecule has 1 unspecified atom stereocenters. The second-order valence-corrected chi connectivity index (χ2v) is 6.82. The van der Waals surface area contributed by atoms with Crippen LogP contribution in [0.1, 0.15) is 39.0 Å². The lowest BCUT2D eigenvalue weighted by molar-refractivity contribution is 0.0954. The minimum atomic E-state index is -0.280. The molecule has 110 valence electrons. The first kappa shape index (κ1) is 14.3. The molecular formula is C17H18FNOS. The van der Waals surface area contributed by atoms with Crippen LogP contribution in [0.5, 0.6) is 0 Å². The zero-order chi connectivity index (χ0) is 14.8. The smallest absolute Gasteiger partial charge is 0.261 e. The minimum Gasteiger partial charge on any atom is -0.347 e. The number of fused-ring (bicyclic) bond motifs is 1. The summed E-state index contributed by atoms with van der Waals surface area (Å²) < 4.78 is 13.5. The van der Waals surface area contributed by atoms with Crippen LogP contribution >= 0.6 is 11.3 Å². The molecule has 1 aromatic carbocycles. The Morgan fingerprint density at radius 2 is 2.24 bits per heavy atom. The third-order valence-corrected chi connectivity index (χ3v) is 5.19. The number of benzene rings is 1. The summed E-state index contributed by atoms with van der Waals surface area (Å²) in [6.07, 6.45) is 3.33. The average molecular weight is 303 g/mol. The Morgan fingerprint density at radius 1 is 1.43 bits per heavy atom. The van der Waals surface area contributed by atoms with Gasteiger partial charge in [-0.25, -0.2) is 4.39 Å². The summed E-state index contributed by atoms with van der Waals surface area (Å²) in [5.41, 5.74) is 1.83. The lowest BCUT2D eigenvalue weighted by Gasteiger charge is -2.16. The van der Waals surface area contributed by atoms with E-state index in [1.807, 2.05) is 6.07 Å². The van der Waals surface area contributed by atoms with Gasteiger partial charge in [0.2, 0.25) is 0 Å². The molecule has 0 saturated carbocycles. The zero-order valence-electron chi connectivity index (χ0n) is 12.0. The van der Waals surface area contributed by atoms with Gasteiger partial charge in [-0.05, 0) is 42.9 Å². The summed E-state index contributed by atoms with van der Waals surface area (Å²) in [7, 11) is 0. The monoisotopic (exact) mass is 303 g/mol. The lowest BCUT2D eigenvalue weighted by atomic mass is 9.90. The van der Waals surface area contributed by atoms with E-state index < -0.39 is 0 Å². The maximum Gasteiger partial charge on any atom is 0.261 e. The van der Waals surface area contributed by atoms with Gasteiger partial charge in [-0.1, -0.05) is 25.1 Å². The molecule has 0 spiro atoms. The van der Waals surface area contributed by atoms with E-state index in [4.69, 9.17) is 0 Å². The highest BCUT2D eigenvalue weighted by Crippen LogP contribution is 2.32. The Balaban J connectivity index is 1.68. The van der Waals surface area contributed by atoms with E-state index in [2.05, 4.69) is 12.2 Å². The van der Waals surface area contributed by atoms with Gasteiger partial charge in [0.25, 0.3) is 5.91 Å². The van der Waals surface area contributed by atoms with Crippen LogP contribution in [0, 0.1) is 11.7 Å². The number of carbonyl (C=O) groups excluding carboxylic acids is 1. The second-order valence-electron chi connectivity index (χ2n) is 5.68. The third-order valence-electron chi connectivity index (χ3n) is 3.95. The number of hydrogen-bond donors (Lipinski definition) is 1. The number of aryl methyl sites for hydroxylation is 1. The van der Waals surface area contributed by atoms with Gasteiger partial charge in [-0.15, -0.1) is 11.3 Å². The van der Waals surface area contributed by atoms with E-state index in [-0.39, 0.29) is 18.3 Å². The van der Waals surface area contributed by atoms with Gasteiger partial charge in [-0.2, -0.15) is 0 Å². The van der Waals surface area contributed by atoms with E-state index in [0.717, 1.165) is 17.7 Å². The van der Waals surface area contributed by atoms with Crippen molar-refractivity contribution in [3.63, 3.8) is 0 Å². The van der Waals surface area contributed by atoms with Crippen LogP contribution in [0.4, 0.5) is 4.39 Å². The largest absolute Gasteiger partial charge is 0.347 e. The van der Waals surface area contributed by atoms with Crippen LogP contribution in [0.2, 0.25) is 0 Å². The normalized spacial score (nSPS) is 17.3. The van der Waals surface area contributed by atoms with Gasteiger partial charge in [0.05, 0.1) is 4.88 Å². The van der Waals surface area contributed by atoms with Crippen molar-refractivity contribution in [2.45, 2.75) is 32.7 Å². The minimum absolute atomic E-state index is 0.106. The number of nitrogens with one attached hydrogen (secondary N) is 1. The Morgan fingerprint density at radius 3 is 3.05 bits per heavy atom. The van der Waals surface area contributed by atoms with Crippen molar-refractivity contribution in [2.75, 3.05) is 0 Å². The molecule has 0 saturated heterocycles. The first-order valence-corrected chi connectivity index (χ1v) is 8.08. The van der Waals surface area contributed by atoms with Gasteiger partial charge in [0, 0.05) is 17.0 Å². The van der Waals surface area contributed by atoms with E-state index in [9.17, 15) is 9.18 Å². The van der Waals surface area contributed by atoms with E-state index >= 15 is 0 Å². The molecule has 0 fully saturated rings. The van der Waals surface area contributed by atoms with Crippen molar-refractivity contribution in [1.29, 1.82) is 0 Å². The molecule has 1 aliphatic rings. The summed E-state index contributed by atoms with van der Waals surface area (Å²) in [6.45, 7) is 2.48. The summed E-state index contributed by atoms with van der Waals surface area (Å²) in [4.78, 5) is 14.3. The number of thiophene rings is 1. The fourth-order valence-electron chi connectivity index (χ4n) is 2.72. The predicted molar refractivity (Wildman–Crippen MR) is 83.1 cm³/mol. The molecule has 1 N–H and O–H groups in total. The van der Waals surface area contributed by atoms with Crippen LogP contribution in [-0.4, -0.2) is 5.91 Å². The molecule has 2 aromatic rings. The Bertz CT molecular complexity index is 665. The molecule has 1 aromatic heterocycles. The number of carbonyl (C=O) groups is 1. The molecule has 0 radical (unpaired) electrons. The van der Waals surface area contributed by atoms with Crippen molar-refractivity contribution in [3.05, 3.63) is 57.0 Å². The number of hydrogen-bond acceptors (Lipinski definition) is 2. The van der Waals surface area contributed by atoms with Crippen LogP contribution in [0.15, 0.2) is 30.3 Å². The molecule has 1 aliphatic carbocycles. The van der Waals surface area contributed by atoms with Gasteiger partial charge >= 0.3 is 0 Å². The highest BCUT2D eigenvalue weighted by Gasteiger charge is 2.20. The number of rotatable bonds is 3. The number of halogens is 1. The van der Waals surface area contributed by atoms with Crippen molar-refractivity contribution >= 4 is 17.2 Å². The standard InChI is InChI=1S/C17H18FNOS/c1-11-6-7-15-13(8-11)9-16(21-15)17(20)19-10-12-4-2-3-5-14(12)18/h2-5,9,11H,6-8,10H2,1H3,(H,19,20). The molecule has 1 atom stereocenters. The molecule has 3 rings (SSSR count). The first-order chi connectivity index (χ1) is 10.1.